The van der Waals surface area contributed by atoms with Crippen molar-refractivity contribution in [3.05, 3.63) is 45.5 Å². The minimum Gasteiger partial charge on any atom is -0.491 e. The maximum Gasteiger partial charge on any atom is 0.212 e. The fraction of sp³-hybridized carbons (Fsp3) is 0.267. The third-order valence-electron chi connectivity index (χ3n) is 2.79. The highest BCUT2D eigenvalue weighted by Crippen LogP contribution is 2.36. The molecule has 1 aromatic carbocycles. The number of aromatic nitrogens is 1. The summed E-state index contributed by atoms with van der Waals surface area (Å²) in [4.78, 5) is 4.17. The van der Waals surface area contributed by atoms with Crippen LogP contribution in [-0.2, 0) is 6.54 Å². The molecule has 0 aliphatic rings. The van der Waals surface area contributed by atoms with Gasteiger partial charge in [0.2, 0.25) is 5.88 Å². The molecule has 0 saturated carbocycles. The number of hydrogen-bond acceptors (Lipinski definition) is 4. The Labute approximate surface area is 137 Å². The third kappa shape index (κ3) is 4.25. The molecule has 6 heteroatoms. The lowest BCUT2D eigenvalue weighted by Gasteiger charge is -2.14. The van der Waals surface area contributed by atoms with Crippen LogP contribution in [0.3, 0.4) is 0 Å². The van der Waals surface area contributed by atoms with Crippen molar-refractivity contribution in [3.63, 3.8) is 0 Å². The van der Waals surface area contributed by atoms with Gasteiger partial charge in [0.25, 0.3) is 0 Å². The van der Waals surface area contributed by atoms with Crippen LogP contribution < -0.4 is 14.8 Å². The number of benzene rings is 1. The normalized spacial score (nSPS) is 10.3. The number of rotatable bonds is 6. The van der Waals surface area contributed by atoms with E-state index >= 15 is 0 Å². The molecule has 2 aromatic rings. The van der Waals surface area contributed by atoms with Gasteiger partial charge in [-0.1, -0.05) is 17.7 Å². The van der Waals surface area contributed by atoms with Gasteiger partial charge in [0.1, 0.15) is 0 Å². The fourth-order valence-corrected chi connectivity index (χ4v) is 2.74. The summed E-state index contributed by atoms with van der Waals surface area (Å²) in [5, 5.41) is 3.95. The van der Waals surface area contributed by atoms with Gasteiger partial charge in [0.15, 0.2) is 5.75 Å². The third-order valence-corrected chi connectivity index (χ3v) is 3.59. The molecule has 0 aliphatic carbocycles. The van der Waals surface area contributed by atoms with E-state index in [-0.39, 0.29) is 0 Å². The Hall–Kier alpha value is -1.46. The van der Waals surface area contributed by atoms with Crippen molar-refractivity contribution < 1.29 is 9.47 Å². The van der Waals surface area contributed by atoms with E-state index in [2.05, 4.69) is 26.2 Å². The van der Waals surface area contributed by atoms with E-state index in [9.17, 15) is 0 Å². The first-order valence-corrected chi connectivity index (χ1v) is 7.65. The van der Waals surface area contributed by atoms with Crippen molar-refractivity contribution in [2.75, 3.05) is 19.0 Å². The van der Waals surface area contributed by atoms with E-state index < -0.39 is 0 Å². The van der Waals surface area contributed by atoms with Crippen molar-refractivity contribution in [2.45, 2.75) is 13.5 Å². The zero-order valence-corrected chi connectivity index (χ0v) is 14.2. The summed E-state index contributed by atoms with van der Waals surface area (Å²) in [6, 6.07) is 7.44. The second-order valence-electron chi connectivity index (χ2n) is 4.26. The Kier molecular flexibility index (Phi) is 5.70. The Morgan fingerprint density at radius 3 is 2.76 bits per heavy atom. The summed E-state index contributed by atoms with van der Waals surface area (Å²) >= 11 is 9.55. The van der Waals surface area contributed by atoms with Crippen LogP contribution in [0.1, 0.15) is 12.5 Å². The molecule has 112 valence electrons. The Bertz CT molecular complexity index is 605. The van der Waals surface area contributed by atoms with Crippen LogP contribution in [-0.4, -0.2) is 18.7 Å². The lowest BCUT2D eigenvalue weighted by atomic mass is 10.2. The van der Waals surface area contributed by atoms with Crippen molar-refractivity contribution >= 4 is 33.2 Å². The van der Waals surface area contributed by atoms with E-state index in [1.165, 1.54) is 0 Å². The molecule has 4 nitrogen and oxygen atoms in total. The number of nitrogens with one attached hydrogen (secondary N) is 1. The molecule has 0 saturated heterocycles. The van der Waals surface area contributed by atoms with Crippen molar-refractivity contribution in [3.8, 4) is 11.6 Å². The number of hydrogen-bond donors (Lipinski definition) is 1. The lowest BCUT2D eigenvalue weighted by Crippen LogP contribution is -2.04. The summed E-state index contributed by atoms with van der Waals surface area (Å²) in [5.74, 6) is 1.35. The van der Waals surface area contributed by atoms with E-state index in [0.29, 0.717) is 24.1 Å². The number of halogens is 2. The number of anilines is 1. The van der Waals surface area contributed by atoms with Crippen LogP contribution >= 0.6 is 27.5 Å². The van der Waals surface area contributed by atoms with E-state index in [1.54, 1.807) is 13.3 Å². The largest absolute Gasteiger partial charge is 0.491 e. The maximum absolute atomic E-state index is 6.09. The number of nitrogens with zero attached hydrogens (tertiary/aromatic N) is 1. The average Bonchev–Trinajstić information content (AvgIpc) is 2.48. The molecule has 1 aromatic heterocycles. The Balaban J connectivity index is 2.14. The van der Waals surface area contributed by atoms with E-state index in [0.717, 1.165) is 21.5 Å². The highest BCUT2D eigenvalue weighted by Gasteiger charge is 2.10. The van der Waals surface area contributed by atoms with Crippen molar-refractivity contribution in [1.29, 1.82) is 0 Å². The monoisotopic (exact) mass is 370 g/mol. The molecule has 0 amide bonds. The summed E-state index contributed by atoms with van der Waals surface area (Å²) in [6.07, 6.45) is 1.77. The molecule has 2 rings (SSSR count). The topological polar surface area (TPSA) is 43.4 Å². The molecule has 21 heavy (non-hydrogen) atoms. The molecule has 0 fully saturated rings. The number of methoxy groups -OCH3 is 1. The Morgan fingerprint density at radius 1 is 1.33 bits per heavy atom. The first-order chi connectivity index (χ1) is 10.1. The van der Waals surface area contributed by atoms with Crippen LogP contribution in [0.25, 0.3) is 0 Å². The average molecular weight is 372 g/mol. The van der Waals surface area contributed by atoms with Gasteiger partial charge in [-0.15, -0.1) is 0 Å². The van der Waals surface area contributed by atoms with Gasteiger partial charge in [-0.3, -0.25) is 0 Å². The minimum absolute atomic E-state index is 0.582. The molecular weight excluding hydrogens is 356 g/mol. The zero-order valence-electron chi connectivity index (χ0n) is 11.8. The van der Waals surface area contributed by atoms with Crippen LogP contribution in [0, 0.1) is 0 Å². The molecule has 0 unspecified atom stereocenters. The highest BCUT2D eigenvalue weighted by molar-refractivity contribution is 9.10. The summed E-state index contributed by atoms with van der Waals surface area (Å²) in [7, 11) is 1.60. The molecular formula is C15H16BrClN2O2. The van der Waals surface area contributed by atoms with Gasteiger partial charge in [0, 0.05) is 23.8 Å². The van der Waals surface area contributed by atoms with Crippen LogP contribution in [0.15, 0.2) is 34.9 Å². The second-order valence-corrected chi connectivity index (χ2v) is 5.55. The van der Waals surface area contributed by atoms with Crippen LogP contribution in [0.4, 0.5) is 5.69 Å². The quantitative estimate of drug-likeness (QED) is 0.811. The van der Waals surface area contributed by atoms with Crippen molar-refractivity contribution in [1.82, 2.24) is 4.98 Å². The SMILES string of the molecule is CCOc1c(Br)cc(Cl)cc1NCc1ccc(OC)nc1. The smallest absolute Gasteiger partial charge is 0.212 e. The van der Waals surface area contributed by atoms with Gasteiger partial charge in [-0.2, -0.15) is 0 Å². The molecule has 0 bridgehead atoms. The number of pyridine rings is 1. The lowest BCUT2D eigenvalue weighted by molar-refractivity contribution is 0.339. The van der Waals surface area contributed by atoms with Gasteiger partial charge >= 0.3 is 0 Å². The maximum atomic E-state index is 6.09. The molecule has 0 spiro atoms. The summed E-state index contributed by atoms with van der Waals surface area (Å²) < 4.78 is 11.5. The van der Waals surface area contributed by atoms with Crippen LogP contribution in [0.2, 0.25) is 5.02 Å². The first kappa shape index (κ1) is 15.9. The minimum atomic E-state index is 0.582. The fourth-order valence-electron chi connectivity index (χ4n) is 1.82. The second kappa shape index (κ2) is 7.52. The zero-order chi connectivity index (χ0) is 15.2. The predicted molar refractivity (Wildman–Crippen MR) is 88.4 cm³/mol. The van der Waals surface area contributed by atoms with Gasteiger partial charge in [-0.25, -0.2) is 4.98 Å². The molecule has 1 N–H and O–H groups in total. The molecule has 0 aliphatic heterocycles. The van der Waals surface area contributed by atoms with E-state index in [1.807, 2.05) is 31.2 Å². The van der Waals surface area contributed by atoms with E-state index in [4.69, 9.17) is 21.1 Å². The standard InChI is InChI=1S/C15H16BrClN2O2/c1-3-21-15-12(16)6-11(17)7-13(15)18-8-10-4-5-14(20-2)19-9-10/h4-7,9,18H,3,8H2,1-2H3. The predicted octanol–water partition coefficient (Wildman–Crippen LogP) is 4.52. The highest BCUT2D eigenvalue weighted by atomic mass is 79.9. The first-order valence-electron chi connectivity index (χ1n) is 6.48. The molecule has 1 heterocycles. The summed E-state index contributed by atoms with van der Waals surface area (Å²) in [5.41, 5.74) is 1.88. The molecule has 0 atom stereocenters. The van der Waals surface area contributed by atoms with Gasteiger partial charge in [0.05, 0.1) is 23.9 Å². The summed E-state index contributed by atoms with van der Waals surface area (Å²) in [6.45, 7) is 3.14. The Morgan fingerprint density at radius 2 is 2.14 bits per heavy atom. The number of ether oxygens (including phenoxy) is 2. The molecule has 0 radical (unpaired) electrons. The van der Waals surface area contributed by atoms with Gasteiger partial charge in [-0.05, 0) is 40.5 Å². The van der Waals surface area contributed by atoms with Crippen LogP contribution in [0.5, 0.6) is 11.6 Å². The van der Waals surface area contributed by atoms with Gasteiger partial charge < -0.3 is 14.8 Å². The van der Waals surface area contributed by atoms with Crippen molar-refractivity contribution in [2.24, 2.45) is 0 Å².